The summed E-state index contributed by atoms with van der Waals surface area (Å²) in [5, 5.41) is 0.711. The maximum atomic E-state index is 6.19. The van der Waals surface area contributed by atoms with E-state index in [1.54, 1.807) is 0 Å². The lowest BCUT2D eigenvalue weighted by atomic mass is 10.1. The highest BCUT2D eigenvalue weighted by molar-refractivity contribution is 7.71. The Morgan fingerprint density at radius 2 is 2.00 bits per heavy atom. The molecule has 20 heavy (non-hydrogen) atoms. The molecule has 2 nitrogen and oxygen atoms in total. The topological polar surface area (TPSA) is 20.7 Å². The van der Waals surface area contributed by atoms with E-state index in [1.807, 2.05) is 18.2 Å². The Kier molecular flexibility index (Phi) is 3.64. The van der Waals surface area contributed by atoms with E-state index in [2.05, 4.69) is 40.7 Å². The van der Waals surface area contributed by atoms with Crippen LogP contribution in [0, 0.1) is 11.7 Å². The Bertz CT molecular complexity index is 817. The molecular weight excluding hydrogens is 288 g/mol. The number of nitrogens with one attached hydrogen (secondary N) is 1. The van der Waals surface area contributed by atoms with Crippen LogP contribution >= 0.6 is 23.8 Å². The Morgan fingerprint density at radius 1 is 1.20 bits per heavy atom. The minimum atomic E-state index is 0.711. The first-order valence-electron chi connectivity index (χ1n) is 6.58. The molecule has 0 spiro atoms. The maximum Gasteiger partial charge on any atom is 0.178 e. The molecule has 1 aromatic heterocycles. The number of fused-ring (bicyclic) bond motifs is 1. The van der Waals surface area contributed by atoms with Crippen LogP contribution in [-0.4, -0.2) is 9.55 Å². The molecule has 0 saturated heterocycles. The van der Waals surface area contributed by atoms with Crippen molar-refractivity contribution in [3.8, 4) is 0 Å². The predicted molar refractivity (Wildman–Crippen MR) is 87.0 cm³/mol. The molecule has 3 rings (SSSR count). The predicted octanol–water partition coefficient (Wildman–Crippen LogP) is 4.90. The molecule has 0 aliphatic rings. The van der Waals surface area contributed by atoms with Crippen molar-refractivity contribution in [3.63, 3.8) is 0 Å². The van der Waals surface area contributed by atoms with Crippen LogP contribution in [0.5, 0.6) is 0 Å². The van der Waals surface area contributed by atoms with E-state index in [4.69, 9.17) is 23.8 Å². The van der Waals surface area contributed by atoms with Crippen molar-refractivity contribution in [2.24, 2.45) is 0 Å². The summed E-state index contributed by atoms with van der Waals surface area (Å²) in [6.45, 7) is 2.96. The molecule has 0 unspecified atom stereocenters. The summed E-state index contributed by atoms with van der Waals surface area (Å²) in [6, 6.07) is 14.4. The van der Waals surface area contributed by atoms with Crippen LogP contribution in [-0.2, 0) is 13.0 Å². The van der Waals surface area contributed by atoms with Gasteiger partial charge in [-0.1, -0.05) is 47.5 Å². The van der Waals surface area contributed by atoms with Gasteiger partial charge in [-0.25, -0.2) is 0 Å². The smallest absolute Gasteiger partial charge is 0.178 e. The van der Waals surface area contributed by atoms with Crippen molar-refractivity contribution in [2.45, 2.75) is 19.9 Å². The van der Waals surface area contributed by atoms with E-state index in [0.29, 0.717) is 5.02 Å². The van der Waals surface area contributed by atoms with Gasteiger partial charge in [0.25, 0.3) is 0 Å². The number of hydrogen-bond donors (Lipinski definition) is 1. The fourth-order valence-corrected chi connectivity index (χ4v) is 2.98. The highest BCUT2D eigenvalue weighted by Gasteiger charge is 2.07. The van der Waals surface area contributed by atoms with E-state index in [1.165, 1.54) is 11.1 Å². The first-order valence-corrected chi connectivity index (χ1v) is 7.36. The van der Waals surface area contributed by atoms with Gasteiger partial charge in [-0.3, -0.25) is 0 Å². The summed E-state index contributed by atoms with van der Waals surface area (Å²) >= 11 is 11.6. The number of H-pyrrole nitrogens is 1. The number of para-hydroxylation sites is 1. The van der Waals surface area contributed by atoms with Crippen LogP contribution in [0.2, 0.25) is 5.02 Å². The van der Waals surface area contributed by atoms with Crippen LogP contribution in [0.1, 0.15) is 11.1 Å². The van der Waals surface area contributed by atoms with Crippen LogP contribution in [0.25, 0.3) is 11.0 Å². The first-order chi connectivity index (χ1) is 9.65. The molecule has 102 valence electrons. The van der Waals surface area contributed by atoms with Gasteiger partial charge in [-0.2, -0.15) is 0 Å². The molecule has 0 bridgehead atoms. The molecule has 0 amide bonds. The molecule has 0 aliphatic heterocycles. The van der Waals surface area contributed by atoms with Crippen molar-refractivity contribution < 1.29 is 0 Å². The van der Waals surface area contributed by atoms with E-state index in [0.717, 1.165) is 28.8 Å². The number of nitrogens with zero attached hydrogens (tertiary/aromatic N) is 1. The van der Waals surface area contributed by atoms with Gasteiger partial charge < -0.3 is 9.55 Å². The maximum absolute atomic E-state index is 6.19. The molecular formula is C16H15ClN2S. The fraction of sp³-hybridized carbons (Fsp3) is 0.188. The highest BCUT2D eigenvalue weighted by Crippen LogP contribution is 2.22. The second-order valence-corrected chi connectivity index (χ2v) is 5.75. The van der Waals surface area contributed by atoms with Crippen LogP contribution < -0.4 is 0 Å². The van der Waals surface area contributed by atoms with Crippen LogP contribution in [0.15, 0.2) is 42.5 Å². The molecule has 0 atom stereocenters. The lowest BCUT2D eigenvalue weighted by Gasteiger charge is -2.06. The molecule has 4 heteroatoms. The van der Waals surface area contributed by atoms with Gasteiger partial charge in [-0.05, 0) is 43.3 Å². The van der Waals surface area contributed by atoms with Crippen molar-refractivity contribution in [1.82, 2.24) is 9.55 Å². The Labute approximate surface area is 128 Å². The quantitative estimate of drug-likeness (QED) is 0.682. The number of benzene rings is 2. The number of halogens is 1. The Balaban J connectivity index is 1.93. The number of imidazole rings is 1. The third-order valence-electron chi connectivity index (χ3n) is 3.47. The minimum Gasteiger partial charge on any atom is -0.329 e. The first kappa shape index (κ1) is 13.4. The number of aromatic nitrogens is 2. The van der Waals surface area contributed by atoms with E-state index in [-0.39, 0.29) is 0 Å². The van der Waals surface area contributed by atoms with Crippen molar-refractivity contribution in [3.05, 3.63) is 63.4 Å². The SMILES string of the molecule is Cc1cccc(CCn2c(=S)[nH]c3c(Cl)cccc32)c1. The summed E-state index contributed by atoms with van der Waals surface area (Å²) in [5.41, 5.74) is 4.59. The second-order valence-electron chi connectivity index (χ2n) is 4.95. The van der Waals surface area contributed by atoms with E-state index < -0.39 is 0 Å². The number of rotatable bonds is 3. The molecule has 0 fully saturated rings. The largest absolute Gasteiger partial charge is 0.329 e. The Morgan fingerprint density at radius 3 is 2.80 bits per heavy atom. The van der Waals surface area contributed by atoms with Gasteiger partial charge >= 0.3 is 0 Å². The summed E-state index contributed by atoms with van der Waals surface area (Å²) in [6.07, 6.45) is 0.954. The highest BCUT2D eigenvalue weighted by atomic mass is 35.5. The van der Waals surface area contributed by atoms with Crippen molar-refractivity contribution >= 4 is 34.9 Å². The summed E-state index contributed by atoms with van der Waals surface area (Å²) < 4.78 is 2.83. The lowest BCUT2D eigenvalue weighted by molar-refractivity contribution is 0.706. The van der Waals surface area contributed by atoms with Crippen molar-refractivity contribution in [1.29, 1.82) is 0 Å². The van der Waals surface area contributed by atoms with Gasteiger partial charge in [0, 0.05) is 6.54 Å². The summed E-state index contributed by atoms with van der Waals surface area (Å²) in [4.78, 5) is 3.19. The number of aromatic amines is 1. The number of hydrogen-bond acceptors (Lipinski definition) is 1. The molecule has 2 aromatic carbocycles. The van der Waals surface area contributed by atoms with Gasteiger partial charge in [0.15, 0.2) is 4.77 Å². The zero-order valence-corrected chi connectivity index (χ0v) is 12.8. The summed E-state index contributed by atoms with van der Waals surface area (Å²) in [5.74, 6) is 0. The second kappa shape index (κ2) is 5.43. The molecule has 1 N–H and O–H groups in total. The average molecular weight is 303 g/mol. The van der Waals surface area contributed by atoms with Crippen LogP contribution in [0.3, 0.4) is 0 Å². The van der Waals surface area contributed by atoms with Gasteiger partial charge in [0.05, 0.1) is 16.1 Å². The molecule has 0 saturated carbocycles. The normalized spacial score (nSPS) is 11.1. The lowest BCUT2D eigenvalue weighted by Crippen LogP contribution is -2.01. The fourth-order valence-electron chi connectivity index (χ4n) is 2.48. The van der Waals surface area contributed by atoms with E-state index >= 15 is 0 Å². The third-order valence-corrected chi connectivity index (χ3v) is 4.10. The van der Waals surface area contributed by atoms with E-state index in [9.17, 15) is 0 Å². The molecule has 0 radical (unpaired) electrons. The monoisotopic (exact) mass is 302 g/mol. The van der Waals surface area contributed by atoms with Crippen molar-refractivity contribution in [2.75, 3.05) is 0 Å². The average Bonchev–Trinajstić information content (AvgIpc) is 2.74. The molecule has 0 aliphatic carbocycles. The van der Waals surface area contributed by atoms with Gasteiger partial charge in [-0.15, -0.1) is 0 Å². The number of aryl methyl sites for hydroxylation is 3. The van der Waals surface area contributed by atoms with Crippen LogP contribution in [0.4, 0.5) is 0 Å². The minimum absolute atomic E-state index is 0.711. The Hall–Kier alpha value is -1.58. The summed E-state index contributed by atoms with van der Waals surface area (Å²) in [7, 11) is 0. The molecule has 1 heterocycles. The standard InChI is InChI=1S/C16H15ClN2S/c1-11-4-2-5-12(10-11)8-9-19-14-7-3-6-13(17)15(14)18-16(19)20/h2-7,10H,8-9H2,1H3,(H,18,20). The zero-order chi connectivity index (χ0) is 14.1. The van der Waals surface area contributed by atoms with Gasteiger partial charge in [0.1, 0.15) is 0 Å². The third kappa shape index (κ3) is 2.51. The zero-order valence-electron chi connectivity index (χ0n) is 11.2. The van der Waals surface area contributed by atoms with Gasteiger partial charge in [0.2, 0.25) is 0 Å². The molecule has 3 aromatic rings.